The van der Waals surface area contributed by atoms with Gasteiger partial charge in [0.2, 0.25) is 11.8 Å². The first-order valence-electron chi connectivity index (χ1n) is 8.77. The van der Waals surface area contributed by atoms with Crippen molar-refractivity contribution in [2.75, 3.05) is 0 Å². The lowest BCUT2D eigenvalue weighted by atomic mass is 10.0. The Hall–Kier alpha value is -2.57. The highest BCUT2D eigenvalue weighted by Crippen LogP contribution is 2.08. The number of benzene rings is 1. The summed E-state index contributed by atoms with van der Waals surface area (Å²) in [7, 11) is 0. The molecule has 0 aliphatic heterocycles. The van der Waals surface area contributed by atoms with Gasteiger partial charge in [0, 0.05) is 0 Å². The molecular formula is C19H29N3O4. The van der Waals surface area contributed by atoms with Crippen molar-refractivity contribution in [1.82, 2.24) is 10.6 Å². The van der Waals surface area contributed by atoms with Crippen LogP contribution < -0.4 is 16.4 Å². The van der Waals surface area contributed by atoms with Gasteiger partial charge in [0.05, 0.1) is 0 Å². The molecule has 7 heteroatoms. The third-order valence-corrected chi connectivity index (χ3v) is 3.80. The Balaban J connectivity index is 2.64. The Morgan fingerprint density at radius 3 is 2.15 bits per heavy atom. The summed E-state index contributed by atoms with van der Waals surface area (Å²) < 4.78 is 5.15. The van der Waals surface area contributed by atoms with Crippen molar-refractivity contribution in [3.8, 4) is 0 Å². The van der Waals surface area contributed by atoms with Crippen molar-refractivity contribution in [1.29, 1.82) is 0 Å². The number of rotatable bonds is 9. The van der Waals surface area contributed by atoms with Crippen molar-refractivity contribution in [3.05, 3.63) is 35.9 Å². The van der Waals surface area contributed by atoms with E-state index in [0.29, 0.717) is 6.42 Å². The predicted molar refractivity (Wildman–Crippen MR) is 99.0 cm³/mol. The molecule has 0 aliphatic carbocycles. The maximum absolute atomic E-state index is 12.5. The average molecular weight is 363 g/mol. The van der Waals surface area contributed by atoms with Gasteiger partial charge in [-0.05, 0) is 23.8 Å². The SMILES string of the molecule is CC(C)C[C@H](NC(=O)[C@H](NC(=O)OCc1ccccc1)C(C)C)C(N)=O. The van der Waals surface area contributed by atoms with Gasteiger partial charge in [0.1, 0.15) is 18.7 Å². The van der Waals surface area contributed by atoms with E-state index in [0.717, 1.165) is 5.56 Å². The van der Waals surface area contributed by atoms with E-state index in [-0.39, 0.29) is 18.4 Å². The van der Waals surface area contributed by atoms with Crippen LogP contribution >= 0.6 is 0 Å². The Labute approximate surface area is 154 Å². The van der Waals surface area contributed by atoms with E-state index in [2.05, 4.69) is 10.6 Å². The van der Waals surface area contributed by atoms with Gasteiger partial charge in [0.15, 0.2) is 0 Å². The summed E-state index contributed by atoms with van der Waals surface area (Å²) in [6.45, 7) is 7.56. The zero-order valence-electron chi connectivity index (χ0n) is 15.8. The molecule has 7 nitrogen and oxygen atoms in total. The number of carbonyl (C=O) groups excluding carboxylic acids is 3. The zero-order valence-corrected chi connectivity index (χ0v) is 15.8. The number of hydrogen-bond acceptors (Lipinski definition) is 4. The highest BCUT2D eigenvalue weighted by atomic mass is 16.5. The number of carbonyl (C=O) groups is 3. The van der Waals surface area contributed by atoms with Crippen molar-refractivity contribution < 1.29 is 19.1 Å². The molecule has 0 fully saturated rings. The van der Waals surface area contributed by atoms with E-state index in [1.807, 2.05) is 44.2 Å². The van der Waals surface area contributed by atoms with E-state index in [1.165, 1.54) is 0 Å². The third kappa shape index (κ3) is 7.55. The Morgan fingerprint density at radius 1 is 1.04 bits per heavy atom. The number of nitrogens with one attached hydrogen (secondary N) is 2. The molecule has 0 saturated carbocycles. The molecule has 0 radical (unpaired) electrons. The lowest BCUT2D eigenvalue weighted by Crippen LogP contribution is -2.55. The van der Waals surface area contributed by atoms with Gasteiger partial charge < -0.3 is 21.1 Å². The van der Waals surface area contributed by atoms with Gasteiger partial charge in [-0.1, -0.05) is 58.0 Å². The quantitative estimate of drug-likeness (QED) is 0.623. The van der Waals surface area contributed by atoms with Crippen molar-refractivity contribution in [2.45, 2.75) is 52.8 Å². The molecule has 0 spiro atoms. The lowest BCUT2D eigenvalue weighted by molar-refractivity contribution is -0.129. The first-order chi connectivity index (χ1) is 12.2. The first kappa shape index (κ1) is 21.5. The normalized spacial score (nSPS) is 13.2. The van der Waals surface area contributed by atoms with E-state index in [1.54, 1.807) is 13.8 Å². The minimum atomic E-state index is -0.827. The summed E-state index contributed by atoms with van der Waals surface area (Å²) in [6, 6.07) is 7.64. The van der Waals surface area contributed by atoms with Gasteiger partial charge in [-0.15, -0.1) is 0 Å². The lowest BCUT2D eigenvalue weighted by Gasteiger charge is -2.24. The molecule has 0 saturated heterocycles. The van der Waals surface area contributed by atoms with E-state index in [9.17, 15) is 14.4 Å². The molecule has 0 aliphatic rings. The Kier molecular flexibility index (Phi) is 8.61. The highest BCUT2D eigenvalue weighted by Gasteiger charge is 2.28. The van der Waals surface area contributed by atoms with Gasteiger partial charge in [-0.25, -0.2) is 4.79 Å². The molecule has 0 aromatic heterocycles. The molecule has 2 atom stereocenters. The maximum atomic E-state index is 12.5. The highest BCUT2D eigenvalue weighted by molar-refractivity contribution is 5.90. The van der Waals surface area contributed by atoms with E-state index in [4.69, 9.17) is 10.5 Å². The molecule has 4 N–H and O–H groups in total. The second-order valence-electron chi connectivity index (χ2n) is 7.02. The van der Waals surface area contributed by atoms with Crippen LogP contribution in [0.3, 0.4) is 0 Å². The molecule has 1 aromatic rings. The summed E-state index contributed by atoms with van der Waals surface area (Å²) in [5, 5.41) is 5.18. The Morgan fingerprint density at radius 2 is 1.65 bits per heavy atom. The fraction of sp³-hybridized carbons (Fsp3) is 0.526. The van der Waals surface area contributed by atoms with Gasteiger partial charge in [0.25, 0.3) is 0 Å². The molecule has 144 valence electrons. The number of amides is 3. The number of ether oxygens (including phenoxy) is 1. The fourth-order valence-electron chi connectivity index (χ4n) is 2.41. The maximum Gasteiger partial charge on any atom is 0.408 e. The minimum absolute atomic E-state index is 0.108. The summed E-state index contributed by atoms with van der Waals surface area (Å²) >= 11 is 0. The minimum Gasteiger partial charge on any atom is -0.445 e. The van der Waals surface area contributed by atoms with E-state index < -0.39 is 30.0 Å². The van der Waals surface area contributed by atoms with Crippen LogP contribution in [-0.2, 0) is 20.9 Å². The topological polar surface area (TPSA) is 111 Å². The number of hydrogen-bond donors (Lipinski definition) is 3. The number of primary amides is 1. The van der Waals surface area contributed by atoms with Gasteiger partial charge in [-0.3, -0.25) is 9.59 Å². The van der Waals surface area contributed by atoms with E-state index >= 15 is 0 Å². The Bertz CT molecular complexity index is 602. The summed E-state index contributed by atoms with van der Waals surface area (Å²) in [4.78, 5) is 36.1. The van der Waals surface area contributed by atoms with Gasteiger partial charge in [-0.2, -0.15) is 0 Å². The second-order valence-corrected chi connectivity index (χ2v) is 7.02. The molecule has 26 heavy (non-hydrogen) atoms. The van der Waals surface area contributed by atoms with Gasteiger partial charge >= 0.3 is 6.09 Å². The second kappa shape index (κ2) is 10.4. The van der Waals surface area contributed by atoms with Crippen LogP contribution in [-0.4, -0.2) is 30.0 Å². The van der Waals surface area contributed by atoms with Crippen LogP contribution in [0.15, 0.2) is 30.3 Å². The summed E-state index contributed by atoms with van der Waals surface area (Å²) in [5.74, 6) is -1.05. The number of nitrogens with two attached hydrogens (primary N) is 1. The molecular weight excluding hydrogens is 334 g/mol. The monoisotopic (exact) mass is 363 g/mol. The van der Waals surface area contributed by atoms with Crippen LogP contribution in [0.2, 0.25) is 0 Å². The zero-order chi connectivity index (χ0) is 19.7. The molecule has 3 amide bonds. The van der Waals surface area contributed by atoms with Crippen molar-refractivity contribution in [2.24, 2.45) is 17.6 Å². The number of alkyl carbamates (subject to hydrolysis) is 1. The molecule has 1 aromatic carbocycles. The fourth-order valence-corrected chi connectivity index (χ4v) is 2.41. The molecule has 0 bridgehead atoms. The molecule has 0 unspecified atom stereocenters. The van der Waals surface area contributed by atoms with Crippen LogP contribution in [0.5, 0.6) is 0 Å². The predicted octanol–water partition coefficient (Wildman–Crippen LogP) is 1.95. The van der Waals surface area contributed by atoms with Crippen LogP contribution in [0, 0.1) is 11.8 Å². The van der Waals surface area contributed by atoms with Crippen molar-refractivity contribution >= 4 is 17.9 Å². The van der Waals surface area contributed by atoms with Crippen molar-refractivity contribution in [3.63, 3.8) is 0 Å². The standard InChI is InChI=1S/C19H29N3O4/c1-12(2)10-15(17(20)23)21-18(24)16(13(3)4)22-19(25)26-11-14-8-6-5-7-9-14/h5-9,12-13,15-16H,10-11H2,1-4H3,(H2,20,23)(H,21,24)(H,22,25)/t15-,16+/m0/s1. The van der Waals surface area contributed by atoms with Crippen LogP contribution in [0.25, 0.3) is 0 Å². The van der Waals surface area contributed by atoms with Crippen LogP contribution in [0.1, 0.15) is 39.7 Å². The average Bonchev–Trinajstić information content (AvgIpc) is 2.57. The molecule has 1 rings (SSSR count). The first-order valence-corrected chi connectivity index (χ1v) is 8.77. The molecule has 0 heterocycles. The smallest absolute Gasteiger partial charge is 0.408 e. The third-order valence-electron chi connectivity index (χ3n) is 3.80. The van der Waals surface area contributed by atoms with Crippen LogP contribution in [0.4, 0.5) is 4.79 Å². The largest absolute Gasteiger partial charge is 0.445 e. The summed E-state index contributed by atoms with van der Waals surface area (Å²) in [5.41, 5.74) is 6.20. The summed E-state index contributed by atoms with van der Waals surface area (Å²) in [6.07, 6.45) is -0.258.